The Morgan fingerprint density at radius 3 is 2.96 bits per heavy atom. The van der Waals surface area contributed by atoms with E-state index in [0.717, 1.165) is 31.4 Å². The maximum absolute atomic E-state index is 5.98. The molecule has 2 fully saturated rings. The number of fused-ring (bicyclic) bond motifs is 1. The van der Waals surface area contributed by atoms with Crippen molar-refractivity contribution in [3.05, 3.63) is 29.3 Å². The zero-order chi connectivity index (χ0) is 18.4. The maximum atomic E-state index is 5.98. The summed E-state index contributed by atoms with van der Waals surface area (Å²) in [4.78, 5) is 6.83. The van der Waals surface area contributed by atoms with Gasteiger partial charge >= 0.3 is 0 Å². The second kappa shape index (κ2) is 9.44. The van der Waals surface area contributed by atoms with Crippen molar-refractivity contribution in [3.8, 4) is 5.75 Å². The lowest BCUT2D eigenvalue weighted by atomic mass is 10.2. The molecule has 2 aliphatic heterocycles. The van der Waals surface area contributed by atoms with Crippen LogP contribution in [-0.2, 0) is 4.74 Å². The molecule has 2 N–H and O–H groups in total. The van der Waals surface area contributed by atoms with Gasteiger partial charge in [0.15, 0.2) is 5.96 Å². The summed E-state index contributed by atoms with van der Waals surface area (Å²) in [5.74, 6) is 1.58. The van der Waals surface area contributed by atoms with Gasteiger partial charge in [-0.25, -0.2) is 0 Å². The standard InChI is InChI=1S/C19H29ClN4O2/c1-14(26-17-7-5-15(20)6-8-17)10-22-19(21-2)23-11-18-12-24-9-3-4-16(24)13-25-18/h5-8,14,16,18H,3-4,9-13H2,1-2H3,(H2,21,22,23). The van der Waals surface area contributed by atoms with Gasteiger partial charge in [-0.05, 0) is 50.6 Å². The lowest BCUT2D eigenvalue weighted by Gasteiger charge is -2.35. The Morgan fingerprint density at radius 2 is 2.19 bits per heavy atom. The molecule has 6 nitrogen and oxygen atoms in total. The van der Waals surface area contributed by atoms with Gasteiger partial charge in [0.2, 0.25) is 0 Å². The van der Waals surface area contributed by atoms with Gasteiger partial charge in [-0.2, -0.15) is 0 Å². The molecule has 26 heavy (non-hydrogen) atoms. The molecule has 0 aromatic heterocycles. The number of benzene rings is 1. The zero-order valence-corrected chi connectivity index (χ0v) is 16.3. The molecular weight excluding hydrogens is 352 g/mol. The number of guanidine groups is 1. The van der Waals surface area contributed by atoms with Crippen LogP contribution in [0.1, 0.15) is 19.8 Å². The molecule has 2 heterocycles. The molecule has 0 aliphatic carbocycles. The first-order chi connectivity index (χ1) is 12.6. The molecule has 0 spiro atoms. The smallest absolute Gasteiger partial charge is 0.191 e. The minimum atomic E-state index is 0.00557. The Bertz CT molecular complexity index is 596. The lowest BCUT2D eigenvalue weighted by molar-refractivity contribution is -0.0453. The van der Waals surface area contributed by atoms with Gasteiger partial charge in [-0.3, -0.25) is 9.89 Å². The fraction of sp³-hybridized carbons (Fsp3) is 0.632. The topological polar surface area (TPSA) is 58.1 Å². The average molecular weight is 381 g/mol. The minimum absolute atomic E-state index is 0.00557. The van der Waals surface area contributed by atoms with Gasteiger partial charge in [0.05, 0.1) is 19.3 Å². The van der Waals surface area contributed by atoms with Gasteiger partial charge < -0.3 is 20.1 Å². The molecule has 1 aromatic carbocycles. The van der Waals surface area contributed by atoms with E-state index in [1.54, 1.807) is 7.05 Å². The number of aliphatic imine (C=N–C) groups is 1. The summed E-state index contributed by atoms with van der Waals surface area (Å²) in [6.45, 7) is 6.50. The van der Waals surface area contributed by atoms with Crippen molar-refractivity contribution in [3.63, 3.8) is 0 Å². The van der Waals surface area contributed by atoms with Crippen LogP contribution in [0.2, 0.25) is 5.02 Å². The van der Waals surface area contributed by atoms with Crippen LogP contribution in [0.4, 0.5) is 0 Å². The molecule has 3 rings (SSSR count). The van der Waals surface area contributed by atoms with Crippen molar-refractivity contribution < 1.29 is 9.47 Å². The quantitative estimate of drug-likeness (QED) is 0.585. The van der Waals surface area contributed by atoms with Crippen LogP contribution >= 0.6 is 11.6 Å². The third kappa shape index (κ3) is 5.50. The summed E-state index contributed by atoms with van der Waals surface area (Å²) in [6, 6.07) is 8.03. The first-order valence-electron chi connectivity index (χ1n) is 9.36. The largest absolute Gasteiger partial charge is 0.489 e. The summed E-state index contributed by atoms with van der Waals surface area (Å²) in [5, 5.41) is 7.37. The van der Waals surface area contributed by atoms with Crippen molar-refractivity contribution in [1.82, 2.24) is 15.5 Å². The molecule has 144 valence electrons. The molecule has 1 aromatic rings. The van der Waals surface area contributed by atoms with E-state index < -0.39 is 0 Å². The second-order valence-electron chi connectivity index (χ2n) is 6.96. The Hall–Kier alpha value is -1.50. The van der Waals surface area contributed by atoms with E-state index in [2.05, 4.69) is 20.5 Å². The third-order valence-corrected chi connectivity index (χ3v) is 5.14. The van der Waals surface area contributed by atoms with E-state index in [1.807, 2.05) is 31.2 Å². The third-order valence-electron chi connectivity index (χ3n) is 4.89. The number of rotatable bonds is 6. The van der Waals surface area contributed by atoms with E-state index in [9.17, 15) is 0 Å². The molecular formula is C19H29ClN4O2. The van der Waals surface area contributed by atoms with Crippen LogP contribution in [0.3, 0.4) is 0 Å². The molecule has 0 saturated carbocycles. The SMILES string of the molecule is CN=C(NCC(C)Oc1ccc(Cl)cc1)NCC1CN2CCCC2CO1. The molecule has 7 heteroatoms. The van der Waals surface area contributed by atoms with Crippen LogP contribution in [-0.4, -0.2) is 68.9 Å². The van der Waals surface area contributed by atoms with Crippen LogP contribution in [0.5, 0.6) is 5.75 Å². The second-order valence-corrected chi connectivity index (χ2v) is 7.40. The normalized spacial score (nSPS) is 24.8. The summed E-state index contributed by atoms with van der Waals surface area (Å²) in [7, 11) is 1.78. The van der Waals surface area contributed by atoms with E-state index in [4.69, 9.17) is 21.1 Å². The summed E-state index contributed by atoms with van der Waals surface area (Å²) >= 11 is 5.89. The van der Waals surface area contributed by atoms with E-state index in [1.165, 1.54) is 19.4 Å². The van der Waals surface area contributed by atoms with Crippen LogP contribution in [0, 0.1) is 0 Å². The number of hydrogen-bond acceptors (Lipinski definition) is 4. The van der Waals surface area contributed by atoms with Crippen molar-refractivity contribution in [1.29, 1.82) is 0 Å². The van der Waals surface area contributed by atoms with Gasteiger partial charge in [0.1, 0.15) is 11.9 Å². The lowest BCUT2D eigenvalue weighted by Crippen LogP contribution is -2.51. The monoisotopic (exact) mass is 380 g/mol. The fourth-order valence-corrected chi connectivity index (χ4v) is 3.59. The summed E-state index contributed by atoms with van der Waals surface area (Å²) in [5.41, 5.74) is 0. The van der Waals surface area contributed by atoms with Gasteiger partial charge in [0.25, 0.3) is 0 Å². The highest BCUT2D eigenvalue weighted by atomic mass is 35.5. The number of morpholine rings is 1. The summed E-state index contributed by atoms with van der Waals surface area (Å²) in [6.07, 6.45) is 2.79. The fourth-order valence-electron chi connectivity index (χ4n) is 3.47. The Labute approximate surface area is 160 Å². The van der Waals surface area contributed by atoms with Crippen molar-refractivity contribution >= 4 is 17.6 Å². The highest BCUT2D eigenvalue weighted by Gasteiger charge is 2.32. The molecule has 3 unspecified atom stereocenters. The highest BCUT2D eigenvalue weighted by molar-refractivity contribution is 6.30. The maximum Gasteiger partial charge on any atom is 0.191 e. The Kier molecular flexibility index (Phi) is 7.00. The van der Waals surface area contributed by atoms with Crippen LogP contribution in [0.15, 0.2) is 29.3 Å². The average Bonchev–Trinajstić information content (AvgIpc) is 3.11. The molecule has 2 aliphatic rings. The van der Waals surface area contributed by atoms with E-state index in [0.29, 0.717) is 17.6 Å². The van der Waals surface area contributed by atoms with Crippen LogP contribution < -0.4 is 15.4 Å². The molecule has 0 amide bonds. The number of hydrogen-bond donors (Lipinski definition) is 2. The number of nitrogens with one attached hydrogen (secondary N) is 2. The van der Waals surface area contributed by atoms with Gasteiger partial charge in [-0.1, -0.05) is 11.6 Å². The predicted octanol–water partition coefficient (Wildman–Crippen LogP) is 2.14. The first kappa shape index (κ1) is 19.3. The number of ether oxygens (including phenoxy) is 2. The van der Waals surface area contributed by atoms with Crippen molar-refractivity contribution in [2.45, 2.75) is 38.0 Å². The predicted molar refractivity (Wildman–Crippen MR) is 105 cm³/mol. The Morgan fingerprint density at radius 1 is 1.38 bits per heavy atom. The van der Waals surface area contributed by atoms with E-state index in [-0.39, 0.29) is 12.2 Å². The molecule has 3 atom stereocenters. The highest BCUT2D eigenvalue weighted by Crippen LogP contribution is 2.22. The minimum Gasteiger partial charge on any atom is -0.489 e. The van der Waals surface area contributed by atoms with E-state index >= 15 is 0 Å². The van der Waals surface area contributed by atoms with Gasteiger partial charge in [-0.15, -0.1) is 0 Å². The molecule has 0 bridgehead atoms. The van der Waals surface area contributed by atoms with Gasteiger partial charge in [0, 0.05) is 31.2 Å². The number of halogens is 1. The zero-order valence-electron chi connectivity index (χ0n) is 15.6. The van der Waals surface area contributed by atoms with Crippen molar-refractivity contribution in [2.75, 3.05) is 39.8 Å². The number of nitrogens with zero attached hydrogens (tertiary/aromatic N) is 2. The molecule has 2 saturated heterocycles. The van der Waals surface area contributed by atoms with Crippen molar-refractivity contribution in [2.24, 2.45) is 4.99 Å². The first-order valence-corrected chi connectivity index (χ1v) is 9.74. The summed E-state index contributed by atoms with van der Waals surface area (Å²) < 4.78 is 11.8. The molecule has 0 radical (unpaired) electrons. The van der Waals surface area contributed by atoms with Crippen LogP contribution in [0.25, 0.3) is 0 Å². The Balaban J connectivity index is 1.37.